The number of nitrogens with two attached hydrogens (primary N) is 1. The van der Waals surface area contributed by atoms with Crippen molar-refractivity contribution in [2.24, 2.45) is 0 Å². The number of aromatic nitrogens is 2. The summed E-state index contributed by atoms with van der Waals surface area (Å²) in [6, 6.07) is 2.03. The van der Waals surface area contributed by atoms with Crippen LogP contribution in [0.3, 0.4) is 0 Å². The van der Waals surface area contributed by atoms with Crippen LogP contribution in [0.25, 0.3) is 0 Å². The van der Waals surface area contributed by atoms with Gasteiger partial charge < -0.3 is 11.1 Å². The molecule has 2 aromatic heterocycles. The van der Waals surface area contributed by atoms with E-state index in [-0.39, 0.29) is 5.91 Å². The Morgan fingerprint density at radius 2 is 2.39 bits per heavy atom. The zero-order chi connectivity index (χ0) is 13.1. The first-order chi connectivity index (χ1) is 8.61. The van der Waals surface area contributed by atoms with Gasteiger partial charge in [-0.1, -0.05) is 0 Å². The van der Waals surface area contributed by atoms with Crippen molar-refractivity contribution >= 4 is 22.9 Å². The lowest BCUT2D eigenvalue weighted by molar-refractivity contribution is 0.0946. The second-order valence-electron chi connectivity index (χ2n) is 4.00. The van der Waals surface area contributed by atoms with Crippen LogP contribution in [0.1, 0.15) is 27.9 Å². The molecular weight excluding hydrogens is 248 g/mol. The number of carbonyl (C=O) groups excluding carboxylic acids is 1. The number of nitrogen functional groups attached to an aromatic ring is 1. The number of hydrogen-bond donors (Lipinski definition) is 2. The number of rotatable bonds is 4. The van der Waals surface area contributed by atoms with Gasteiger partial charge in [0.2, 0.25) is 0 Å². The van der Waals surface area contributed by atoms with Crippen LogP contribution in [0.2, 0.25) is 0 Å². The normalized spacial score (nSPS) is 10.6. The molecule has 3 N–H and O–H groups in total. The highest BCUT2D eigenvalue weighted by Crippen LogP contribution is 2.15. The van der Waals surface area contributed by atoms with Gasteiger partial charge in [-0.3, -0.25) is 9.48 Å². The van der Waals surface area contributed by atoms with E-state index < -0.39 is 0 Å². The molecule has 6 heteroatoms. The number of aryl methyl sites for hydroxylation is 2. The highest BCUT2D eigenvalue weighted by atomic mass is 32.1. The summed E-state index contributed by atoms with van der Waals surface area (Å²) in [7, 11) is 0. The molecule has 0 radical (unpaired) electrons. The van der Waals surface area contributed by atoms with Gasteiger partial charge in [-0.15, -0.1) is 11.3 Å². The third-order valence-electron chi connectivity index (χ3n) is 2.71. The molecule has 0 spiro atoms. The number of anilines is 1. The Morgan fingerprint density at radius 1 is 1.61 bits per heavy atom. The standard InChI is InChI=1S/C12H16N4OS/c1-3-16-7-9(13)11(15-16)12(17)14-6-10-8(2)4-5-18-10/h4-5,7H,3,6,13H2,1-2H3,(H,14,17). The van der Waals surface area contributed by atoms with Gasteiger partial charge in [-0.25, -0.2) is 0 Å². The molecule has 0 aromatic carbocycles. The predicted molar refractivity (Wildman–Crippen MR) is 72.5 cm³/mol. The monoisotopic (exact) mass is 264 g/mol. The topological polar surface area (TPSA) is 72.9 Å². The molecule has 96 valence electrons. The number of nitrogens with zero attached hydrogens (tertiary/aromatic N) is 2. The Kier molecular flexibility index (Phi) is 3.66. The third-order valence-corrected chi connectivity index (χ3v) is 3.73. The van der Waals surface area contributed by atoms with Crippen molar-refractivity contribution in [1.29, 1.82) is 0 Å². The Morgan fingerprint density at radius 3 is 2.94 bits per heavy atom. The maximum absolute atomic E-state index is 11.9. The molecule has 0 aliphatic heterocycles. The molecule has 0 aliphatic rings. The van der Waals surface area contributed by atoms with E-state index in [1.54, 1.807) is 22.2 Å². The summed E-state index contributed by atoms with van der Waals surface area (Å²) in [6.07, 6.45) is 1.67. The van der Waals surface area contributed by atoms with Crippen LogP contribution in [0.4, 0.5) is 5.69 Å². The van der Waals surface area contributed by atoms with Crippen molar-refractivity contribution in [2.45, 2.75) is 26.9 Å². The van der Waals surface area contributed by atoms with Crippen LogP contribution in [0.15, 0.2) is 17.6 Å². The van der Waals surface area contributed by atoms with Gasteiger partial charge in [0.1, 0.15) is 0 Å². The van der Waals surface area contributed by atoms with Gasteiger partial charge >= 0.3 is 0 Å². The first-order valence-electron chi connectivity index (χ1n) is 5.76. The number of carbonyl (C=O) groups is 1. The fraction of sp³-hybridized carbons (Fsp3) is 0.333. The largest absolute Gasteiger partial charge is 0.396 e. The molecule has 0 unspecified atom stereocenters. The molecule has 0 bridgehead atoms. The lowest BCUT2D eigenvalue weighted by Crippen LogP contribution is -2.24. The van der Waals surface area contributed by atoms with E-state index in [0.29, 0.717) is 24.5 Å². The van der Waals surface area contributed by atoms with Gasteiger partial charge in [-0.05, 0) is 30.9 Å². The molecule has 0 saturated heterocycles. The van der Waals surface area contributed by atoms with Gasteiger partial charge in [0, 0.05) is 17.6 Å². The summed E-state index contributed by atoms with van der Waals surface area (Å²) in [4.78, 5) is 13.1. The minimum Gasteiger partial charge on any atom is -0.396 e. The molecule has 2 rings (SSSR count). The summed E-state index contributed by atoms with van der Waals surface area (Å²) < 4.78 is 1.65. The van der Waals surface area contributed by atoms with E-state index in [0.717, 1.165) is 4.88 Å². The van der Waals surface area contributed by atoms with Gasteiger partial charge in [-0.2, -0.15) is 5.10 Å². The van der Waals surface area contributed by atoms with Crippen LogP contribution in [0.5, 0.6) is 0 Å². The minimum atomic E-state index is -0.229. The van der Waals surface area contributed by atoms with Gasteiger partial charge in [0.05, 0.1) is 12.2 Å². The molecule has 2 heterocycles. The van der Waals surface area contributed by atoms with Crippen molar-refractivity contribution in [3.63, 3.8) is 0 Å². The van der Waals surface area contributed by atoms with Gasteiger partial charge in [0.15, 0.2) is 5.69 Å². The molecule has 2 aromatic rings. The van der Waals surface area contributed by atoms with E-state index in [1.165, 1.54) is 5.56 Å². The summed E-state index contributed by atoms with van der Waals surface area (Å²) in [5, 5.41) is 8.98. The third kappa shape index (κ3) is 2.53. The van der Waals surface area contributed by atoms with E-state index in [2.05, 4.69) is 10.4 Å². The molecular formula is C12H16N4OS. The number of amides is 1. The summed E-state index contributed by atoms with van der Waals surface area (Å²) >= 11 is 1.63. The molecule has 5 nitrogen and oxygen atoms in total. The Balaban J connectivity index is 2.03. The number of nitrogens with one attached hydrogen (secondary N) is 1. The van der Waals surface area contributed by atoms with Crippen molar-refractivity contribution in [3.8, 4) is 0 Å². The zero-order valence-electron chi connectivity index (χ0n) is 10.4. The van der Waals surface area contributed by atoms with Crippen molar-refractivity contribution in [1.82, 2.24) is 15.1 Å². The highest BCUT2D eigenvalue weighted by molar-refractivity contribution is 7.10. The lowest BCUT2D eigenvalue weighted by Gasteiger charge is -2.03. The minimum absolute atomic E-state index is 0.229. The highest BCUT2D eigenvalue weighted by Gasteiger charge is 2.14. The van der Waals surface area contributed by atoms with Gasteiger partial charge in [0.25, 0.3) is 5.91 Å². The van der Waals surface area contributed by atoms with Crippen LogP contribution >= 0.6 is 11.3 Å². The smallest absolute Gasteiger partial charge is 0.274 e. The average Bonchev–Trinajstić information content (AvgIpc) is 2.92. The summed E-state index contributed by atoms with van der Waals surface area (Å²) in [5.74, 6) is -0.229. The van der Waals surface area contributed by atoms with Crippen molar-refractivity contribution < 1.29 is 4.79 Å². The molecule has 0 atom stereocenters. The number of thiophene rings is 1. The lowest BCUT2D eigenvalue weighted by atomic mass is 10.3. The summed E-state index contributed by atoms with van der Waals surface area (Å²) in [6.45, 7) is 5.18. The maximum Gasteiger partial charge on any atom is 0.274 e. The van der Waals surface area contributed by atoms with Crippen LogP contribution in [0, 0.1) is 6.92 Å². The summed E-state index contributed by atoms with van der Waals surface area (Å²) in [5.41, 5.74) is 7.65. The maximum atomic E-state index is 11.9. The van der Waals surface area contributed by atoms with Crippen molar-refractivity contribution in [2.75, 3.05) is 5.73 Å². The van der Waals surface area contributed by atoms with Crippen LogP contribution in [-0.4, -0.2) is 15.7 Å². The van der Waals surface area contributed by atoms with Crippen molar-refractivity contribution in [3.05, 3.63) is 33.8 Å². The molecule has 0 fully saturated rings. The first kappa shape index (κ1) is 12.6. The predicted octanol–water partition coefficient (Wildman–Crippen LogP) is 1.79. The van der Waals surface area contributed by atoms with E-state index in [1.807, 2.05) is 25.3 Å². The molecule has 18 heavy (non-hydrogen) atoms. The van der Waals surface area contributed by atoms with Crippen LogP contribution < -0.4 is 11.1 Å². The number of hydrogen-bond acceptors (Lipinski definition) is 4. The Hall–Kier alpha value is -1.82. The fourth-order valence-electron chi connectivity index (χ4n) is 1.60. The SMILES string of the molecule is CCn1cc(N)c(C(=O)NCc2sccc2C)n1. The zero-order valence-corrected chi connectivity index (χ0v) is 11.3. The molecule has 0 aliphatic carbocycles. The van der Waals surface area contributed by atoms with E-state index in [9.17, 15) is 4.79 Å². The second kappa shape index (κ2) is 5.22. The fourth-order valence-corrected chi connectivity index (χ4v) is 2.45. The molecule has 0 saturated carbocycles. The molecule has 1 amide bonds. The first-order valence-corrected chi connectivity index (χ1v) is 6.64. The average molecular weight is 264 g/mol. The Labute approximate surface area is 110 Å². The quantitative estimate of drug-likeness (QED) is 0.884. The second-order valence-corrected chi connectivity index (χ2v) is 5.00. The van der Waals surface area contributed by atoms with E-state index in [4.69, 9.17) is 5.73 Å². The van der Waals surface area contributed by atoms with E-state index >= 15 is 0 Å². The van der Waals surface area contributed by atoms with Crippen LogP contribution in [-0.2, 0) is 13.1 Å². The Bertz CT molecular complexity index is 558.